The normalized spacial score (nSPS) is 18.0. The summed E-state index contributed by atoms with van der Waals surface area (Å²) < 4.78 is 0. The molecule has 1 aliphatic rings. The highest BCUT2D eigenvalue weighted by molar-refractivity contribution is 6.33. The summed E-state index contributed by atoms with van der Waals surface area (Å²) in [5.74, 6) is 0.176. The van der Waals surface area contributed by atoms with E-state index in [-0.39, 0.29) is 5.91 Å². The number of hydrogen-bond acceptors (Lipinski definition) is 3. The lowest BCUT2D eigenvalue weighted by Gasteiger charge is -2.35. The van der Waals surface area contributed by atoms with Crippen LogP contribution >= 0.6 is 11.6 Å². The number of carbonyl (C=O) groups is 1. The Morgan fingerprint density at radius 2 is 2.33 bits per heavy atom. The van der Waals surface area contributed by atoms with Gasteiger partial charge in [-0.1, -0.05) is 11.6 Å². The third-order valence-corrected chi connectivity index (χ3v) is 2.99. The van der Waals surface area contributed by atoms with E-state index in [0.717, 1.165) is 19.3 Å². The van der Waals surface area contributed by atoms with Gasteiger partial charge in [0.15, 0.2) is 5.82 Å². The van der Waals surface area contributed by atoms with Gasteiger partial charge < -0.3 is 11.1 Å². The number of hydrogen-bond donors (Lipinski definition) is 2. The molecule has 1 aliphatic carbocycles. The van der Waals surface area contributed by atoms with Gasteiger partial charge in [0.1, 0.15) is 0 Å². The first kappa shape index (κ1) is 10.4. The van der Waals surface area contributed by atoms with E-state index < -0.39 is 5.54 Å². The number of nitrogens with two attached hydrogens (primary N) is 1. The summed E-state index contributed by atoms with van der Waals surface area (Å²) in [4.78, 5) is 15.7. The van der Waals surface area contributed by atoms with Gasteiger partial charge in [0.2, 0.25) is 5.91 Å². The van der Waals surface area contributed by atoms with Crippen LogP contribution in [0.5, 0.6) is 0 Å². The van der Waals surface area contributed by atoms with Crippen LogP contribution in [0.15, 0.2) is 18.3 Å². The monoisotopic (exact) mass is 225 g/mol. The first-order chi connectivity index (χ1) is 7.12. The third kappa shape index (κ3) is 1.96. The van der Waals surface area contributed by atoms with Crippen LogP contribution < -0.4 is 11.1 Å². The smallest absolute Gasteiger partial charge is 0.245 e. The van der Waals surface area contributed by atoms with Crippen LogP contribution in [-0.2, 0) is 4.79 Å². The predicted octanol–water partition coefficient (Wildman–Crippen LogP) is 1.55. The second-order valence-electron chi connectivity index (χ2n) is 3.80. The second-order valence-corrected chi connectivity index (χ2v) is 4.20. The molecular formula is C10H12ClN3O. The molecule has 0 saturated heterocycles. The van der Waals surface area contributed by atoms with Crippen molar-refractivity contribution < 1.29 is 4.79 Å². The molecule has 1 heterocycles. The highest BCUT2D eigenvalue weighted by Crippen LogP contribution is 2.30. The summed E-state index contributed by atoms with van der Waals surface area (Å²) in [7, 11) is 0. The fraction of sp³-hybridized carbons (Fsp3) is 0.400. The Balaban J connectivity index is 2.09. The van der Waals surface area contributed by atoms with E-state index in [9.17, 15) is 4.79 Å². The van der Waals surface area contributed by atoms with Crippen molar-refractivity contribution in [2.75, 3.05) is 5.32 Å². The van der Waals surface area contributed by atoms with E-state index in [0.29, 0.717) is 10.8 Å². The Bertz CT molecular complexity index is 390. The molecule has 0 spiro atoms. The summed E-state index contributed by atoms with van der Waals surface area (Å²) in [6.07, 6.45) is 4.03. The summed E-state index contributed by atoms with van der Waals surface area (Å²) in [6.45, 7) is 0. The summed E-state index contributed by atoms with van der Waals surface area (Å²) in [5, 5.41) is 3.07. The number of nitrogens with one attached hydrogen (secondary N) is 1. The van der Waals surface area contributed by atoms with Crippen LogP contribution in [0.25, 0.3) is 0 Å². The van der Waals surface area contributed by atoms with Crippen molar-refractivity contribution in [3.05, 3.63) is 23.4 Å². The minimum atomic E-state index is -0.721. The molecule has 2 rings (SSSR count). The van der Waals surface area contributed by atoms with Crippen molar-refractivity contribution in [1.82, 2.24) is 4.98 Å². The number of anilines is 1. The number of rotatable bonds is 2. The van der Waals surface area contributed by atoms with E-state index in [1.807, 2.05) is 0 Å². The molecule has 0 aliphatic heterocycles. The van der Waals surface area contributed by atoms with Crippen molar-refractivity contribution in [2.24, 2.45) is 5.73 Å². The lowest BCUT2D eigenvalue weighted by atomic mass is 9.77. The Kier molecular flexibility index (Phi) is 2.63. The molecule has 3 N–H and O–H groups in total. The van der Waals surface area contributed by atoms with Crippen LogP contribution in [0.1, 0.15) is 19.3 Å². The molecule has 80 valence electrons. The Labute approximate surface area is 92.8 Å². The molecule has 0 unspecified atom stereocenters. The lowest BCUT2D eigenvalue weighted by molar-refractivity contribution is -0.123. The van der Waals surface area contributed by atoms with E-state index in [1.165, 1.54) is 0 Å². The number of amides is 1. The van der Waals surface area contributed by atoms with Crippen LogP contribution in [-0.4, -0.2) is 16.4 Å². The lowest BCUT2D eigenvalue weighted by Crippen LogP contribution is -2.56. The maximum absolute atomic E-state index is 11.7. The summed E-state index contributed by atoms with van der Waals surface area (Å²) >= 11 is 5.86. The van der Waals surface area contributed by atoms with Gasteiger partial charge in [-0.15, -0.1) is 0 Å². The maximum atomic E-state index is 11.7. The highest BCUT2D eigenvalue weighted by atomic mass is 35.5. The number of aromatic nitrogens is 1. The molecular weight excluding hydrogens is 214 g/mol. The van der Waals surface area contributed by atoms with Gasteiger partial charge in [-0.25, -0.2) is 4.98 Å². The van der Waals surface area contributed by atoms with Gasteiger partial charge >= 0.3 is 0 Å². The first-order valence-corrected chi connectivity index (χ1v) is 5.20. The van der Waals surface area contributed by atoms with Crippen LogP contribution in [0.2, 0.25) is 5.02 Å². The Morgan fingerprint density at radius 3 is 2.87 bits per heavy atom. The standard InChI is InChI=1S/C10H12ClN3O/c11-7-3-1-6-13-8(7)14-9(15)10(12)4-2-5-10/h1,3,6H,2,4-5,12H2,(H,13,14,15). The van der Waals surface area contributed by atoms with Gasteiger partial charge in [-0.2, -0.15) is 0 Å². The minimum Gasteiger partial charge on any atom is -0.317 e. The zero-order chi connectivity index (χ0) is 10.9. The topological polar surface area (TPSA) is 68.0 Å². The molecule has 1 saturated carbocycles. The molecule has 1 aromatic rings. The molecule has 1 amide bonds. The molecule has 0 bridgehead atoms. The summed E-state index contributed by atoms with van der Waals surface area (Å²) in [5.41, 5.74) is 5.14. The van der Waals surface area contributed by atoms with Crippen molar-refractivity contribution in [1.29, 1.82) is 0 Å². The zero-order valence-corrected chi connectivity index (χ0v) is 8.92. The molecule has 5 heteroatoms. The van der Waals surface area contributed by atoms with Gasteiger partial charge in [-0.3, -0.25) is 4.79 Å². The first-order valence-electron chi connectivity index (χ1n) is 4.83. The average Bonchev–Trinajstić information content (AvgIpc) is 2.18. The van der Waals surface area contributed by atoms with Gasteiger partial charge in [0, 0.05) is 6.20 Å². The van der Waals surface area contributed by atoms with Crippen LogP contribution in [0, 0.1) is 0 Å². The number of pyridine rings is 1. The molecule has 15 heavy (non-hydrogen) atoms. The fourth-order valence-electron chi connectivity index (χ4n) is 1.49. The van der Waals surface area contributed by atoms with Gasteiger partial charge in [-0.05, 0) is 31.4 Å². The van der Waals surface area contributed by atoms with E-state index in [1.54, 1.807) is 18.3 Å². The molecule has 1 aromatic heterocycles. The minimum absolute atomic E-state index is 0.200. The molecule has 0 aromatic carbocycles. The van der Waals surface area contributed by atoms with Gasteiger partial charge in [0.25, 0.3) is 0 Å². The van der Waals surface area contributed by atoms with E-state index in [2.05, 4.69) is 10.3 Å². The Hall–Kier alpha value is -1.13. The average molecular weight is 226 g/mol. The molecule has 1 fully saturated rings. The van der Waals surface area contributed by atoms with Crippen molar-refractivity contribution >= 4 is 23.3 Å². The van der Waals surface area contributed by atoms with Crippen LogP contribution in [0.3, 0.4) is 0 Å². The van der Waals surface area contributed by atoms with Crippen molar-refractivity contribution in [3.63, 3.8) is 0 Å². The zero-order valence-electron chi connectivity index (χ0n) is 8.16. The largest absolute Gasteiger partial charge is 0.317 e. The molecule has 0 atom stereocenters. The summed E-state index contributed by atoms with van der Waals surface area (Å²) in [6, 6.07) is 3.38. The SMILES string of the molecule is NC1(C(=O)Nc2ncccc2Cl)CCC1. The Morgan fingerprint density at radius 1 is 1.60 bits per heavy atom. The molecule has 0 radical (unpaired) electrons. The second kappa shape index (κ2) is 3.79. The highest BCUT2D eigenvalue weighted by Gasteiger charge is 2.40. The van der Waals surface area contributed by atoms with Gasteiger partial charge in [0.05, 0.1) is 10.6 Å². The third-order valence-electron chi connectivity index (χ3n) is 2.69. The van der Waals surface area contributed by atoms with Crippen molar-refractivity contribution in [2.45, 2.75) is 24.8 Å². The number of halogens is 1. The maximum Gasteiger partial charge on any atom is 0.245 e. The van der Waals surface area contributed by atoms with Crippen molar-refractivity contribution in [3.8, 4) is 0 Å². The predicted molar refractivity (Wildman–Crippen MR) is 58.6 cm³/mol. The fourth-order valence-corrected chi connectivity index (χ4v) is 1.66. The van der Waals surface area contributed by atoms with E-state index >= 15 is 0 Å². The molecule has 4 nitrogen and oxygen atoms in total. The quantitative estimate of drug-likeness (QED) is 0.803. The number of nitrogens with zero attached hydrogens (tertiary/aromatic N) is 1. The van der Waals surface area contributed by atoms with Crippen LogP contribution in [0.4, 0.5) is 5.82 Å². The number of carbonyl (C=O) groups excluding carboxylic acids is 1. The van der Waals surface area contributed by atoms with E-state index in [4.69, 9.17) is 17.3 Å².